The predicted molar refractivity (Wildman–Crippen MR) is 140 cm³/mol. The number of amides is 1. The van der Waals surface area contributed by atoms with Crippen LogP contribution in [0.4, 0.5) is 10.1 Å². The molecule has 1 N–H and O–H groups in total. The SMILES string of the molecule is C=CC(=O)N1CCN(c2c(OC)cnc3c(F)c(-c4c(C)ccc5[nH]c(=O)n(C)c45)c(Cl)cc23)CC1. The highest BCUT2D eigenvalue weighted by molar-refractivity contribution is 6.35. The zero-order valence-electron chi connectivity index (χ0n) is 20.2. The van der Waals surface area contributed by atoms with Crippen LogP contribution in [0.1, 0.15) is 5.56 Å². The Morgan fingerprint density at radius 1 is 1.25 bits per heavy atom. The first kappa shape index (κ1) is 23.9. The van der Waals surface area contributed by atoms with Crippen molar-refractivity contribution in [1.29, 1.82) is 0 Å². The number of aromatic nitrogens is 3. The number of benzene rings is 2. The van der Waals surface area contributed by atoms with E-state index in [4.69, 9.17) is 16.3 Å². The average Bonchev–Trinajstić information content (AvgIpc) is 3.17. The Bertz CT molecular complexity index is 1600. The molecule has 0 radical (unpaired) electrons. The summed E-state index contributed by atoms with van der Waals surface area (Å²) in [5.41, 5.74) is 3.17. The standard InChI is InChI=1S/C26H25ClFN5O3/c1-5-19(34)32-8-10-33(11-9-32)24-15-12-16(27)21(22(28)23(15)29-13-18(24)36-4)20-14(2)6-7-17-25(20)31(3)26(35)30-17/h5-7,12-13H,1,8-11H2,2-4H3,(H,30,35). The van der Waals surface area contributed by atoms with Crippen LogP contribution < -0.4 is 15.3 Å². The molecule has 4 aromatic rings. The van der Waals surface area contributed by atoms with Crippen molar-refractivity contribution in [1.82, 2.24) is 19.4 Å². The summed E-state index contributed by atoms with van der Waals surface area (Å²) in [6.07, 6.45) is 2.80. The van der Waals surface area contributed by atoms with E-state index in [1.54, 1.807) is 24.1 Å². The Labute approximate surface area is 211 Å². The summed E-state index contributed by atoms with van der Waals surface area (Å²) < 4.78 is 23.3. The zero-order chi connectivity index (χ0) is 25.7. The van der Waals surface area contributed by atoms with E-state index in [-0.39, 0.29) is 27.7 Å². The van der Waals surface area contributed by atoms with Gasteiger partial charge in [0.25, 0.3) is 0 Å². The van der Waals surface area contributed by atoms with E-state index >= 15 is 4.39 Å². The van der Waals surface area contributed by atoms with Crippen LogP contribution in [0.5, 0.6) is 5.75 Å². The molecule has 36 heavy (non-hydrogen) atoms. The Hall–Kier alpha value is -3.85. The number of piperazine rings is 1. The van der Waals surface area contributed by atoms with Gasteiger partial charge in [0, 0.05) is 49.7 Å². The maximum absolute atomic E-state index is 16.3. The molecule has 1 aliphatic heterocycles. The van der Waals surface area contributed by atoms with Crippen molar-refractivity contribution < 1.29 is 13.9 Å². The molecule has 1 aliphatic rings. The van der Waals surface area contributed by atoms with Crippen molar-refractivity contribution in [3.63, 3.8) is 0 Å². The van der Waals surface area contributed by atoms with E-state index < -0.39 is 5.82 Å². The Morgan fingerprint density at radius 2 is 1.97 bits per heavy atom. The van der Waals surface area contributed by atoms with Crippen molar-refractivity contribution in [3.05, 3.63) is 63.9 Å². The number of nitrogens with zero attached hydrogens (tertiary/aromatic N) is 4. The van der Waals surface area contributed by atoms with Crippen molar-refractivity contribution in [2.24, 2.45) is 7.05 Å². The molecule has 0 atom stereocenters. The number of ether oxygens (including phenoxy) is 1. The maximum atomic E-state index is 16.3. The minimum atomic E-state index is -0.578. The third kappa shape index (κ3) is 3.62. The Kier molecular flexibility index (Phi) is 5.96. The summed E-state index contributed by atoms with van der Waals surface area (Å²) in [4.78, 5) is 35.3. The molecule has 10 heteroatoms. The molecular weight excluding hydrogens is 485 g/mol. The molecule has 186 valence electrons. The largest absolute Gasteiger partial charge is 0.493 e. The van der Waals surface area contributed by atoms with Crippen LogP contribution in [0.25, 0.3) is 33.1 Å². The summed E-state index contributed by atoms with van der Waals surface area (Å²) in [6.45, 7) is 7.45. The van der Waals surface area contributed by atoms with Gasteiger partial charge in [-0.05, 0) is 30.7 Å². The number of carbonyl (C=O) groups excluding carboxylic acids is 1. The summed E-state index contributed by atoms with van der Waals surface area (Å²) in [7, 11) is 3.17. The predicted octanol–water partition coefficient (Wildman–Crippen LogP) is 4.03. The molecule has 8 nitrogen and oxygen atoms in total. The fourth-order valence-corrected chi connectivity index (χ4v) is 5.26. The number of imidazole rings is 1. The number of hydrogen-bond donors (Lipinski definition) is 1. The summed E-state index contributed by atoms with van der Waals surface area (Å²) in [6, 6.07) is 5.31. The fraction of sp³-hybridized carbons (Fsp3) is 0.269. The van der Waals surface area contributed by atoms with Gasteiger partial charge in [-0.2, -0.15) is 0 Å². The van der Waals surface area contributed by atoms with Crippen LogP contribution in [0.2, 0.25) is 5.02 Å². The Morgan fingerprint density at radius 3 is 2.64 bits per heavy atom. The van der Waals surface area contributed by atoms with Gasteiger partial charge < -0.3 is 19.5 Å². The number of halogens is 2. The van der Waals surface area contributed by atoms with Crippen LogP contribution in [-0.2, 0) is 11.8 Å². The normalized spacial score (nSPS) is 14.0. The molecule has 1 saturated heterocycles. The zero-order valence-corrected chi connectivity index (χ0v) is 20.9. The lowest BCUT2D eigenvalue weighted by Gasteiger charge is -2.36. The van der Waals surface area contributed by atoms with Gasteiger partial charge in [0.15, 0.2) is 11.6 Å². The number of pyridine rings is 1. The van der Waals surface area contributed by atoms with E-state index in [1.165, 1.54) is 23.9 Å². The highest BCUT2D eigenvalue weighted by Crippen LogP contribution is 2.44. The van der Waals surface area contributed by atoms with Crippen molar-refractivity contribution in [3.8, 4) is 16.9 Å². The first-order valence-electron chi connectivity index (χ1n) is 11.5. The topological polar surface area (TPSA) is 83.5 Å². The lowest BCUT2D eigenvalue weighted by Crippen LogP contribution is -2.48. The van der Waals surface area contributed by atoms with Gasteiger partial charge in [0.1, 0.15) is 5.52 Å². The van der Waals surface area contributed by atoms with E-state index in [2.05, 4.69) is 16.5 Å². The molecule has 0 saturated carbocycles. The van der Waals surface area contributed by atoms with Gasteiger partial charge in [0.2, 0.25) is 5.91 Å². The minimum absolute atomic E-state index is 0.122. The lowest BCUT2D eigenvalue weighted by molar-refractivity contribution is -0.126. The second kappa shape index (κ2) is 8.98. The number of hydrogen-bond acceptors (Lipinski definition) is 5. The second-order valence-corrected chi connectivity index (χ2v) is 9.19. The number of aromatic amines is 1. The quantitative estimate of drug-likeness (QED) is 0.420. The fourth-order valence-electron chi connectivity index (χ4n) is 4.97. The van der Waals surface area contributed by atoms with E-state index in [0.717, 1.165) is 5.56 Å². The molecule has 0 spiro atoms. The first-order chi connectivity index (χ1) is 17.3. The maximum Gasteiger partial charge on any atom is 0.326 e. The van der Waals surface area contributed by atoms with Crippen molar-refractivity contribution >= 4 is 45.1 Å². The molecule has 3 heterocycles. The van der Waals surface area contributed by atoms with Crippen LogP contribution in [0.3, 0.4) is 0 Å². The van der Waals surface area contributed by atoms with Gasteiger partial charge in [-0.1, -0.05) is 24.2 Å². The number of methoxy groups -OCH3 is 1. The Balaban J connectivity index is 1.71. The van der Waals surface area contributed by atoms with E-state index in [1.807, 2.05) is 17.9 Å². The molecule has 1 fully saturated rings. The minimum Gasteiger partial charge on any atom is -0.493 e. The van der Waals surface area contributed by atoms with Crippen LogP contribution in [-0.4, -0.2) is 58.6 Å². The summed E-state index contributed by atoms with van der Waals surface area (Å²) in [5, 5.41) is 0.706. The van der Waals surface area contributed by atoms with Gasteiger partial charge in [-0.25, -0.2) is 14.2 Å². The number of nitrogens with one attached hydrogen (secondary N) is 1. The molecule has 2 aromatic heterocycles. The third-order valence-electron chi connectivity index (χ3n) is 6.81. The number of H-pyrrole nitrogens is 1. The van der Waals surface area contributed by atoms with Gasteiger partial charge in [0.05, 0.1) is 35.1 Å². The molecule has 2 aromatic carbocycles. The molecule has 0 unspecified atom stereocenters. The molecule has 1 amide bonds. The second-order valence-electron chi connectivity index (χ2n) is 8.78. The van der Waals surface area contributed by atoms with Crippen molar-refractivity contribution in [2.75, 3.05) is 38.2 Å². The number of aryl methyl sites for hydroxylation is 2. The molecule has 0 bridgehead atoms. The molecule has 0 aliphatic carbocycles. The third-order valence-corrected chi connectivity index (χ3v) is 7.11. The van der Waals surface area contributed by atoms with Crippen molar-refractivity contribution in [2.45, 2.75) is 6.92 Å². The van der Waals surface area contributed by atoms with Gasteiger partial charge in [-0.3, -0.25) is 9.36 Å². The first-order valence-corrected chi connectivity index (χ1v) is 11.8. The van der Waals surface area contributed by atoms with Crippen LogP contribution >= 0.6 is 11.6 Å². The highest BCUT2D eigenvalue weighted by atomic mass is 35.5. The van der Waals surface area contributed by atoms with E-state index in [0.29, 0.717) is 59.6 Å². The highest BCUT2D eigenvalue weighted by Gasteiger charge is 2.27. The summed E-state index contributed by atoms with van der Waals surface area (Å²) >= 11 is 6.78. The van der Waals surface area contributed by atoms with E-state index in [9.17, 15) is 9.59 Å². The number of rotatable bonds is 4. The van der Waals surface area contributed by atoms with Gasteiger partial charge >= 0.3 is 5.69 Å². The molecular formula is C26H25ClFN5O3. The number of anilines is 1. The number of fused-ring (bicyclic) bond motifs is 2. The van der Waals surface area contributed by atoms with Crippen LogP contribution in [0.15, 0.2) is 41.8 Å². The average molecular weight is 510 g/mol. The number of carbonyl (C=O) groups is 1. The lowest BCUT2D eigenvalue weighted by atomic mass is 9.96. The monoisotopic (exact) mass is 509 g/mol. The smallest absolute Gasteiger partial charge is 0.326 e. The summed E-state index contributed by atoms with van der Waals surface area (Å²) in [5.74, 6) is -0.213. The van der Waals surface area contributed by atoms with Crippen LogP contribution in [0, 0.1) is 12.7 Å². The van der Waals surface area contributed by atoms with Gasteiger partial charge in [-0.15, -0.1) is 0 Å². The molecule has 5 rings (SSSR count).